The topological polar surface area (TPSA) is 99.9 Å². The molecule has 1 atom stereocenters. The quantitative estimate of drug-likeness (QED) is 0.750. The van der Waals surface area contributed by atoms with E-state index in [0.29, 0.717) is 18.6 Å². The fourth-order valence-electron chi connectivity index (χ4n) is 3.40. The third-order valence-corrected chi connectivity index (χ3v) is 4.91. The summed E-state index contributed by atoms with van der Waals surface area (Å²) in [5, 5.41) is 3.19. The van der Waals surface area contributed by atoms with Crippen LogP contribution in [0.25, 0.3) is 0 Å². The van der Waals surface area contributed by atoms with Crippen molar-refractivity contribution in [2.75, 3.05) is 20.3 Å². The lowest BCUT2D eigenvalue weighted by atomic mass is 9.95. The Morgan fingerprint density at radius 1 is 1.28 bits per heavy atom. The number of rotatable bonds is 6. The highest BCUT2D eigenvalue weighted by molar-refractivity contribution is 6.32. The predicted molar refractivity (Wildman–Crippen MR) is 109 cm³/mol. The van der Waals surface area contributed by atoms with Crippen molar-refractivity contribution in [3.63, 3.8) is 0 Å². The Morgan fingerprint density at radius 3 is 2.72 bits per heavy atom. The van der Waals surface area contributed by atoms with Gasteiger partial charge in [0.25, 0.3) is 11.8 Å². The second-order valence-electron chi connectivity index (χ2n) is 6.91. The molecule has 7 nitrogen and oxygen atoms in total. The Balaban J connectivity index is 1.85. The van der Waals surface area contributed by atoms with Crippen molar-refractivity contribution in [1.29, 1.82) is 0 Å². The molecule has 2 aromatic rings. The van der Waals surface area contributed by atoms with Gasteiger partial charge in [0.15, 0.2) is 18.1 Å². The molecule has 1 heterocycles. The fraction of sp³-hybridized carbons (Fsp3) is 0.333. The van der Waals surface area contributed by atoms with Gasteiger partial charge in [-0.25, -0.2) is 0 Å². The maximum atomic E-state index is 12.9. The summed E-state index contributed by atoms with van der Waals surface area (Å²) in [5.41, 5.74) is 8.52. The third-order valence-electron chi connectivity index (χ3n) is 4.63. The average molecular weight is 419 g/mol. The number of benzene rings is 2. The molecule has 3 N–H and O–H groups in total. The number of carbonyl (C=O) groups is 2. The highest BCUT2D eigenvalue weighted by Crippen LogP contribution is 2.38. The van der Waals surface area contributed by atoms with Gasteiger partial charge < -0.3 is 25.3 Å². The van der Waals surface area contributed by atoms with E-state index in [2.05, 4.69) is 11.4 Å². The summed E-state index contributed by atoms with van der Waals surface area (Å²) in [6.45, 7) is 4.17. The van der Waals surface area contributed by atoms with E-state index in [1.54, 1.807) is 0 Å². The molecule has 3 rings (SSSR count). The maximum absolute atomic E-state index is 12.9. The van der Waals surface area contributed by atoms with Crippen molar-refractivity contribution < 1.29 is 23.8 Å². The monoisotopic (exact) mass is 418 g/mol. The van der Waals surface area contributed by atoms with Crippen molar-refractivity contribution in [1.82, 2.24) is 5.32 Å². The molecule has 2 aromatic carbocycles. The summed E-state index contributed by atoms with van der Waals surface area (Å²) >= 11 is 6.25. The highest BCUT2D eigenvalue weighted by Gasteiger charge is 2.26. The Kier molecular flexibility index (Phi) is 6.17. The van der Waals surface area contributed by atoms with Crippen molar-refractivity contribution in [3.8, 4) is 17.2 Å². The van der Waals surface area contributed by atoms with Gasteiger partial charge in [0, 0.05) is 17.5 Å². The number of methoxy groups -OCH3 is 1. The van der Waals surface area contributed by atoms with Crippen molar-refractivity contribution in [3.05, 3.63) is 51.5 Å². The van der Waals surface area contributed by atoms with Crippen LogP contribution in [-0.2, 0) is 4.79 Å². The average Bonchev–Trinajstić information content (AvgIpc) is 2.66. The van der Waals surface area contributed by atoms with Gasteiger partial charge in [-0.2, -0.15) is 0 Å². The van der Waals surface area contributed by atoms with E-state index in [-0.39, 0.29) is 35.1 Å². The summed E-state index contributed by atoms with van der Waals surface area (Å²) in [4.78, 5) is 23.9. The van der Waals surface area contributed by atoms with E-state index < -0.39 is 5.91 Å². The van der Waals surface area contributed by atoms with Crippen LogP contribution in [0.15, 0.2) is 24.3 Å². The van der Waals surface area contributed by atoms with Gasteiger partial charge in [-0.1, -0.05) is 29.3 Å². The minimum atomic E-state index is -0.645. The first kappa shape index (κ1) is 20.8. The van der Waals surface area contributed by atoms with E-state index in [0.717, 1.165) is 22.4 Å². The van der Waals surface area contributed by atoms with E-state index in [1.807, 2.05) is 19.9 Å². The molecule has 0 bridgehead atoms. The number of carbonyl (C=O) groups excluding carboxylic acids is 2. The lowest BCUT2D eigenvalue weighted by molar-refractivity contribution is -0.119. The molecule has 8 heteroatoms. The van der Waals surface area contributed by atoms with Crippen LogP contribution in [0.3, 0.4) is 0 Å². The highest BCUT2D eigenvalue weighted by atomic mass is 35.5. The van der Waals surface area contributed by atoms with Gasteiger partial charge in [-0.05, 0) is 31.5 Å². The van der Waals surface area contributed by atoms with E-state index in [4.69, 9.17) is 31.5 Å². The van der Waals surface area contributed by atoms with Crippen LogP contribution in [-0.4, -0.2) is 32.1 Å². The SMILES string of the molecule is COc1cc(C(=O)NC2CCOc3c(C)cc(C)cc32)cc(Cl)c1OCC(N)=O. The number of hydrogen-bond donors (Lipinski definition) is 2. The van der Waals surface area contributed by atoms with Crippen molar-refractivity contribution >= 4 is 23.4 Å². The van der Waals surface area contributed by atoms with Crippen LogP contribution in [0.2, 0.25) is 5.02 Å². The summed E-state index contributed by atoms with van der Waals surface area (Å²) in [6.07, 6.45) is 0.659. The zero-order valence-electron chi connectivity index (χ0n) is 16.5. The molecule has 2 amide bonds. The van der Waals surface area contributed by atoms with E-state index in [9.17, 15) is 9.59 Å². The molecular weight excluding hydrogens is 396 g/mol. The molecule has 1 unspecified atom stereocenters. The van der Waals surface area contributed by atoms with Crippen LogP contribution < -0.4 is 25.3 Å². The largest absolute Gasteiger partial charge is 0.493 e. The minimum Gasteiger partial charge on any atom is -0.493 e. The maximum Gasteiger partial charge on any atom is 0.255 e. The smallest absolute Gasteiger partial charge is 0.255 e. The zero-order chi connectivity index (χ0) is 21.1. The Morgan fingerprint density at radius 2 is 2.03 bits per heavy atom. The van der Waals surface area contributed by atoms with Gasteiger partial charge in [-0.15, -0.1) is 0 Å². The number of amides is 2. The predicted octanol–water partition coefficient (Wildman–Crippen LogP) is 3.08. The van der Waals surface area contributed by atoms with Gasteiger partial charge in [-0.3, -0.25) is 9.59 Å². The molecule has 29 heavy (non-hydrogen) atoms. The zero-order valence-corrected chi connectivity index (χ0v) is 17.3. The van der Waals surface area contributed by atoms with Gasteiger partial charge in [0.2, 0.25) is 0 Å². The first-order valence-electron chi connectivity index (χ1n) is 9.13. The van der Waals surface area contributed by atoms with Crippen LogP contribution in [0.5, 0.6) is 17.2 Å². The Hall–Kier alpha value is -2.93. The molecule has 0 saturated carbocycles. The second-order valence-corrected chi connectivity index (χ2v) is 7.31. The van der Waals surface area contributed by atoms with E-state index >= 15 is 0 Å². The third kappa shape index (κ3) is 4.56. The number of primary amides is 1. The summed E-state index contributed by atoms with van der Waals surface area (Å²) in [5.74, 6) is 0.269. The summed E-state index contributed by atoms with van der Waals surface area (Å²) in [6, 6.07) is 6.89. The first-order valence-corrected chi connectivity index (χ1v) is 9.51. The van der Waals surface area contributed by atoms with Crippen molar-refractivity contribution in [2.45, 2.75) is 26.3 Å². The minimum absolute atomic E-state index is 0.148. The molecule has 0 spiro atoms. The number of fused-ring (bicyclic) bond motifs is 1. The van der Waals surface area contributed by atoms with Crippen LogP contribution in [0.4, 0.5) is 0 Å². The molecule has 1 aliphatic rings. The first-order chi connectivity index (χ1) is 13.8. The van der Waals surface area contributed by atoms with Gasteiger partial charge in [0.1, 0.15) is 5.75 Å². The van der Waals surface area contributed by atoms with Gasteiger partial charge in [0.05, 0.1) is 24.8 Å². The summed E-state index contributed by atoms with van der Waals surface area (Å²) in [7, 11) is 1.42. The number of ether oxygens (including phenoxy) is 3. The lowest BCUT2D eigenvalue weighted by Crippen LogP contribution is -2.32. The fourth-order valence-corrected chi connectivity index (χ4v) is 3.67. The molecule has 0 aromatic heterocycles. The van der Waals surface area contributed by atoms with E-state index in [1.165, 1.54) is 19.2 Å². The molecule has 1 aliphatic heterocycles. The molecule has 0 saturated heterocycles. The van der Waals surface area contributed by atoms with Crippen molar-refractivity contribution in [2.24, 2.45) is 5.73 Å². The Labute approximate surface area is 174 Å². The normalized spacial score (nSPS) is 15.1. The molecule has 0 fully saturated rings. The van der Waals surface area contributed by atoms with Crippen LogP contribution in [0.1, 0.15) is 39.5 Å². The molecule has 154 valence electrons. The molecule has 0 aliphatic carbocycles. The second kappa shape index (κ2) is 8.61. The standard InChI is InChI=1S/C21H23ClN2O5/c1-11-6-12(2)19-14(7-11)16(4-5-28-19)24-21(26)13-8-15(22)20(17(9-13)27-3)29-10-18(23)25/h6-9,16H,4-5,10H2,1-3H3,(H2,23,25)(H,24,26). The van der Waals surface area contributed by atoms with Gasteiger partial charge >= 0.3 is 0 Å². The lowest BCUT2D eigenvalue weighted by Gasteiger charge is -2.28. The molecular formula is C21H23ClN2O5. The number of hydrogen-bond acceptors (Lipinski definition) is 5. The van der Waals surface area contributed by atoms with Crippen LogP contribution in [0, 0.1) is 13.8 Å². The van der Waals surface area contributed by atoms with Crippen LogP contribution >= 0.6 is 11.6 Å². The number of nitrogens with one attached hydrogen (secondary N) is 1. The Bertz CT molecular complexity index is 961. The molecule has 0 radical (unpaired) electrons. The number of halogens is 1. The number of nitrogens with two attached hydrogens (primary N) is 1. The number of aryl methyl sites for hydroxylation is 2. The summed E-state index contributed by atoms with van der Waals surface area (Å²) < 4.78 is 16.4.